The van der Waals surface area contributed by atoms with Crippen molar-refractivity contribution in [3.8, 4) is 17.2 Å². The van der Waals surface area contributed by atoms with Gasteiger partial charge in [0.2, 0.25) is 5.75 Å². The van der Waals surface area contributed by atoms with Crippen LogP contribution in [0.1, 0.15) is 21.5 Å². The molecule has 1 N–H and O–H groups in total. The van der Waals surface area contributed by atoms with E-state index in [2.05, 4.69) is 5.32 Å². The highest BCUT2D eigenvalue weighted by Gasteiger charge is 2.30. The summed E-state index contributed by atoms with van der Waals surface area (Å²) in [6.07, 6.45) is -4.44. The summed E-state index contributed by atoms with van der Waals surface area (Å²) in [5, 5.41) is 2.64. The van der Waals surface area contributed by atoms with Gasteiger partial charge in [0.25, 0.3) is 5.91 Å². The molecule has 0 fully saturated rings. The third kappa shape index (κ3) is 4.38. The van der Waals surface area contributed by atoms with E-state index in [1.54, 1.807) is 12.1 Å². The number of methoxy groups -OCH3 is 3. The van der Waals surface area contributed by atoms with Crippen LogP contribution >= 0.6 is 0 Å². The number of ether oxygens (including phenoxy) is 3. The van der Waals surface area contributed by atoms with Crippen LogP contribution in [-0.2, 0) is 12.7 Å². The summed E-state index contributed by atoms with van der Waals surface area (Å²) in [6.45, 7) is 0.135. The van der Waals surface area contributed by atoms with Crippen LogP contribution < -0.4 is 19.5 Å². The topological polar surface area (TPSA) is 56.8 Å². The standard InChI is InChI=1S/C18H18F3NO4/c1-24-14-8-11(9-15(25-2)16(14)26-3)10-22-17(23)12-4-6-13(7-5-12)18(19,20)21/h4-9H,10H2,1-3H3,(H,22,23). The summed E-state index contributed by atoms with van der Waals surface area (Å²) in [5.41, 5.74) is 0.00359. The van der Waals surface area contributed by atoms with Gasteiger partial charge in [-0.15, -0.1) is 0 Å². The van der Waals surface area contributed by atoms with Crippen LogP contribution in [0.25, 0.3) is 0 Å². The molecule has 2 rings (SSSR count). The maximum atomic E-state index is 12.6. The number of nitrogens with one attached hydrogen (secondary N) is 1. The van der Waals surface area contributed by atoms with Gasteiger partial charge in [-0.1, -0.05) is 0 Å². The van der Waals surface area contributed by atoms with Crippen molar-refractivity contribution in [3.63, 3.8) is 0 Å². The zero-order valence-corrected chi connectivity index (χ0v) is 14.4. The molecule has 0 bridgehead atoms. The van der Waals surface area contributed by atoms with Crippen LogP contribution in [0, 0.1) is 0 Å². The lowest BCUT2D eigenvalue weighted by Gasteiger charge is -2.14. The first-order valence-corrected chi connectivity index (χ1v) is 7.54. The summed E-state index contributed by atoms with van der Waals surface area (Å²) in [5.74, 6) is 0.802. The SMILES string of the molecule is COc1cc(CNC(=O)c2ccc(C(F)(F)F)cc2)cc(OC)c1OC. The second kappa shape index (κ2) is 7.99. The molecule has 2 aromatic carbocycles. The van der Waals surface area contributed by atoms with Gasteiger partial charge >= 0.3 is 6.18 Å². The molecule has 0 atom stereocenters. The van der Waals surface area contributed by atoms with Gasteiger partial charge in [0.05, 0.1) is 26.9 Å². The number of carbonyl (C=O) groups is 1. The Morgan fingerprint density at radius 2 is 1.50 bits per heavy atom. The molecule has 0 aliphatic carbocycles. The molecule has 0 spiro atoms. The van der Waals surface area contributed by atoms with Crippen LogP contribution in [-0.4, -0.2) is 27.2 Å². The maximum Gasteiger partial charge on any atom is 0.416 e. The van der Waals surface area contributed by atoms with Crippen molar-refractivity contribution in [1.82, 2.24) is 5.32 Å². The second-order valence-electron chi connectivity index (χ2n) is 5.29. The molecule has 0 aromatic heterocycles. The number of alkyl halides is 3. The Labute approximate surface area is 148 Å². The van der Waals surface area contributed by atoms with Crippen molar-refractivity contribution in [3.05, 3.63) is 53.1 Å². The molecule has 0 heterocycles. The predicted molar refractivity (Wildman–Crippen MR) is 88.7 cm³/mol. The number of amides is 1. The zero-order valence-electron chi connectivity index (χ0n) is 14.4. The minimum Gasteiger partial charge on any atom is -0.493 e. The van der Waals surface area contributed by atoms with Crippen LogP contribution in [0.15, 0.2) is 36.4 Å². The van der Waals surface area contributed by atoms with E-state index in [9.17, 15) is 18.0 Å². The monoisotopic (exact) mass is 369 g/mol. The number of carbonyl (C=O) groups excluding carboxylic acids is 1. The van der Waals surface area contributed by atoms with E-state index in [1.165, 1.54) is 21.3 Å². The highest BCUT2D eigenvalue weighted by molar-refractivity contribution is 5.94. The Hall–Kier alpha value is -2.90. The number of hydrogen-bond donors (Lipinski definition) is 1. The van der Waals surface area contributed by atoms with E-state index >= 15 is 0 Å². The van der Waals surface area contributed by atoms with Crippen molar-refractivity contribution in [2.24, 2.45) is 0 Å². The maximum absolute atomic E-state index is 12.6. The molecule has 1 amide bonds. The molecule has 5 nitrogen and oxygen atoms in total. The molecule has 0 aliphatic rings. The molecule has 0 aliphatic heterocycles. The van der Waals surface area contributed by atoms with Gasteiger partial charge in [0.1, 0.15) is 0 Å². The van der Waals surface area contributed by atoms with Crippen LogP contribution in [0.2, 0.25) is 0 Å². The lowest BCUT2D eigenvalue weighted by molar-refractivity contribution is -0.137. The quantitative estimate of drug-likeness (QED) is 0.844. The first kappa shape index (κ1) is 19.4. The van der Waals surface area contributed by atoms with Crippen molar-refractivity contribution in [1.29, 1.82) is 0 Å². The largest absolute Gasteiger partial charge is 0.493 e. The molecule has 0 saturated carbocycles. The van der Waals surface area contributed by atoms with Crippen LogP contribution in [0.4, 0.5) is 13.2 Å². The van der Waals surface area contributed by atoms with Gasteiger partial charge < -0.3 is 19.5 Å². The summed E-state index contributed by atoms with van der Waals surface area (Å²) in [4.78, 5) is 12.1. The summed E-state index contributed by atoms with van der Waals surface area (Å²) >= 11 is 0. The van der Waals surface area contributed by atoms with Crippen LogP contribution in [0.3, 0.4) is 0 Å². The van der Waals surface area contributed by atoms with Crippen LogP contribution in [0.5, 0.6) is 17.2 Å². The average Bonchev–Trinajstić information content (AvgIpc) is 2.64. The summed E-state index contributed by atoms with van der Waals surface area (Å²) < 4.78 is 53.4. The molecule has 140 valence electrons. The fraction of sp³-hybridized carbons (Fsp3) is 0.278. The van der Waals surface area contributed by atoms with Crippen molar-refractivity contribution in [2.75, 3.05) is 21.3 Å². The predicted octanol–water partition coefficient (Wildman–Crippen LogP) is 3.66. The number of halogens is 3. The molecule has 8 heteroatoms. The van der Waals surface area contributed by atoms with Crippen molar-refractivity contribution in [2.45, 2.75) is 12.7 Å². The Kier molecular flexibility index (Phi) is 5.97. The molecular weight excluding hydrogens is 351 g/mol. The lowest BCUT2D eigenvalue weighted by Crippen LogP contribution is -2.23. The Balaban J connectivity index is 2.12. The van der Waals surface area contributed by atoms with E-state index in [0.29, 0.717) is 22.8 Å². The number of benzene rings is 2. The molecule has 0 saturated heterocycles. The van der Waals surface area contributed by atoms with Gasteiger partial charge in [0.15, 0.2) is 11.5 Å². The first-order chi connectivity index (χ1) is 12.3. The zero-order chi connectivity index (χ0) is 19.3. The van der Waals surface area contributed by atoms with Crippen molar-refractivity contribution < 1.29 is 32.2 Å². The summed E-state index contributed by atoms with van der Waals surface area (Å²) in [7, 11) is 4.43. The Bertz CT molecular complexity index is 748. The van der Waals surface area contributed by atoms with Gasteiger partial charge in [-0.25, -0.2) is 0 Å². The minimum atomic E-state index is -4.44. The molecule has 2 aromatic rings. The molecular formula is C18H18F3NO4. The fourth-order valence-electron chi connectivity index (χ4n) is 2.33. The summed E-state index contributed by atoms with van der Waals surface area (Å²) in [6, 6.07) is 7.35. The average molecular weight is 369 g/mol. The highest BCUT2D eigenvalue weighted by atomic mass is 19.4. The molecule has 0 unspecified atom stereocenters. The normalized spacial score (nSPS) is 11.0. The van der Waals surface area contributed by atoms with E-state index in [0.717, 1.165) is 24.3 Å². The van der Waals surface area contributed by atoms with E-state index in [4.69, 9.17) is 14.2 Å². The Morgan fingerprint density at radius 3 is 1.92 bits per heavy atom. The third-order valence-corrected chi connectivity index (χ3v) is 3.65. The minimum absolute atomic E-state index is 0.130. The second-order valence-corrected chi connectivity index (χ2v) is 5.29. The molecule has 0 radical (unpaired) electrons. The first-order valence-electron chi connectivity index (χ1n) is 7.54. The van der Waals surface area contributed by atoms with Gasteiger partial charge in [-0.2, -0.15) is 13.2 Å². The number of rotatable bonds is 6. The van der Waals surface area contributed by atoms with Gasteiger partial charge in [0, 0.05) is 12.1 Å². The van der Waals surface area contributed by atoms with Gasteiger partial charge in [-0.3, -0.25) is 4.79 Å². The fourth-order valence-corrected chi connectivity index (χ4v) is 2.33. The molecule has 26 heavy (non-hydrogen) atoms. The van der Waals surface area contributed by atoms with E-state index < -0.39 is 17.6 Å². The third-order valence-electron chi connectivity index (χ3n) is 3.65. The van der Waals surface area contributed by atoms with Crippen molar-refractivity contribution >= 4 is 5.91 Å². The lowest BCUT2D eigenvalue weighted by atomic mass is 10.1. The van der Waals surface area contributed by atoms with E-state index in [1.807, 2.05) is 0 Å². The number of hydrogen-bond acceptors (Lipinski definition) is 4. The van der Waals surface area contributed by atoms with E-state index in [-0.39, 0.29) is 12.1 Å². The Morgan fingerprint density at radius 1 is 0.962 bits per heavy atom. The highest BCUT2D eigenvalue weighted by Crippen LogP contribution is 2.38. The smallest absolute Gasteiger partial charge is 0.416 e. The van der Waals surface area contributed by atoms with Gasteiger partial charge in [-0.05, 0) is 42.0 Å².